The third-order valence-corrected chi connectivity index (χ3v) is 3.76. The van der Waals surface area contributed by atoms with Gasteiger partial charge in [-0.05, 0) is 27.7 Å². The van der Waals surface area contributed by atoms with Gasteiger partial charge in [-0.15, -0.1) is 0 Å². The van der Waals surface area contributed by atoms with Crippen LogP contribution in [0.1, 0.15) is 36.7 Å². The summed E-state index contributed by atoms with van der Waals surface area (Å²) >= 11 is 0. The van der Waals surface area contributed by atoms with E-state index >= 15 is 0 Å². The van der Waals surface area contributed by atoms with Gasteiger partial charge in [0.1, 0.15) is 5.60 Å². The van der Waals surface area contributed by atoms with Crippen LogP contribution in [0.2, 0.25) is 0 Å². The maximum absolute atomic E-state index is 12.3. The highest BCUT2D eigenvalue weighted by Gasteiger charge is 2.26. The molecular formula is C18H26N2O3. The Morgan fingerprint density at radius 3 is 2.13 bits per heavy atom. The van der Waals surface area contributed by atoms with Gasteiger partial charge >= 0.3 is 6.09 Å². The van der Waals surface area contributed by atoms with Gasteiger partial charge in [-0.3, -0.25) is 9.69 Å². The van der Waals surface area contributed by atoms with Crippen molar-refractivity contribution in [2.24, 2.45) is 0 Å². The third-order valence-electron chi connectivity index (χ3n) is 3.76. The average molecular weight is 318 g/mol. The highest BCUT2D eigenvalue weighted by Crippen LogP contribution is 2.12. The number of hydrogen-bond donors (Lipinski definition) is 0. The molecule has 0 bridgehead atoms. The van der Waals surface area contributed by atoms with Crippen molar-refractivity contribution >= 4 is 11.9 Å². The van der Waals surface area contributed by atoms with Crippen molar-refractivity contribution in [2.75, 3.05) is 32.7 Å². The molecule has 0 unspecified atom stereocenters. The van der Waals surface area contributed by atoms with Crippen LogP contribution >= 0.6 is 0 Å². The normalized spacial score (nSPS) is 16.3. The average Bonchev–Trinajstić information content (AvgIpc) is 2.46. The number of piperazine rings is 1. The molecule has 1 aromatic rings. The zero-order valence-corrected chi connectivity index (χ0v) is 14.5. The Morgan fingerprint density at radius 2 is 1.61 bits per heavy atom. The van der Waals surface area contributed by atoms with Crippen molar-refractivity contribution in [3.05, 3.63) is 35.4 Å². The van der Waals surface area contributed by atoms with Crippen LogP contribution in [0.4, 0.5) is 4.79 Å². The molecule has 0 saturated carbocycles. The fourth-order valence-corrected chi connectivity index (χ4v) is 2.45. The molecule has 126 valence electrons. The summed E-state index contributed by atoms with van der Waals surface area (Å²) in [5, 5.41) is 0. The van der Waals surface area contributed by atoms with Crippen LogP contribution in [0, 0.1) is 6.92 Å². The van der Waals surface area contributed by atoms with Gasteiger partial charge in [0.2, 0.25) is 0 Å². The van der Waals surface area contributed by atoms with E-state index in [9.17, 15) is 9.59 Å². The standard InChI is InChI=1S/C18H26N2O3/c1-14-5-7-15(8-6-14)16(21)13-19-9-11-20(12-10-19)17(22)23-18(2,3)4/h5-8H,9-13H2,1-4H3. The summed E-state index contributed by atoms with van der Waals surface area (Å²) in [4.78, 5) is 28.1. The van der Waals surface area contributed by atoms with Crippen molar-refractivity contribution in [3.63, 3.8) is 0 Å². The maximum atomic E-state index is 12.3. The number of carbonyl (C=O) groups excluding carboxylic acids is 2. The van der Waals surface area contributed by atoms with Gasteiger partial charge in [0.15, 0.2) is 5.78 Å². The summed E-state index contributed by atoms with van der Waals surface area (Å²) in [7, 11) is 0. The lowest BCUT2D eigenvalue weighted by Gasteiger charge is -2.35. The minimum Gasteiger partial charge on any atom is -0.444 e. The van der Waals surface area contributed by atoms with Gasteiger partial charge in [-0.25, -0.2) is 4.79 Å². The van der Waals surface area contributed by atoms with Crippen LogP contribution in [0.5, 0.6) is 0 Å². The molecule has 1 fully saturated rings. The van der Waals surface area contributed by atoms with E-state index in [0.29, 0.717) is 32.7 Å². The van der Waals surface area contributed by atoms with E-state index < -0.39 is 5.60 Å². The van der Waals surface area contributed by atoms with Gasteiger partial charge in [0.25, 0.3) is 0 Å². The monoisotopic (exact) mass is 318 g/mol. The Bertz CT molecular complexity index is 553. The lowest BCUT2D eigenvalue weighted by molar-refractivity contribution is 0.0149. The number of amides is 1. The highest BCUT2D eigenvalue weighted by molar-refractivity contribution is 5.97. The predicted octanol–water partition coefficient (Wildman–Crippen LogP) is 2.73. The Hall–Kier alpha value is -1.88. The molecule has 0 atom stereocenters. The third kappa shape index (κ3) is 5.36. The fourth-order valence-electron chi connectivity index (χ4n) is 2.45. The molecule has 23 heavy (non-hydrogen) atoms. The molecule has 1 saturated heterocycles. The van der Waals surface area contributed by atoms with Crippen molar-refractivity contribution in [1.29, 1.82) is 0 Å². The molecule has 0 spiro atoms. The first-order valence-electron chi connectivity index (χ1n) is 8.05. The van der Waals surface area contributed by atoms with Gasteiger partial charge in [0.05, 0.1) is 6.54 Å². The first-order chi connectivity index (χ1) is 10.7. The van der Waals surface area contributed by atoms with E-state index in [2.05, 4.69) is 4.90 Å². The summed E-state index contributed by atoms with van der Waals surface area (Å²) in [5.74, 6) is 0.121. The van der Waals surface area contributed by atoms with E-state index in [-0.39, 0.29) is 11.9 Å². The molecule has 1 heterocycles. The molecule has 2 rings (SSSR count). The molecule has 0 aromatic heterocycles. The zero-order chi connectivity index (χ0) is 17.0. The topological polar surface area (TPSA) is 49.9 Å². The number of benzene rings is 1. The highest BCUT2D eigenvalue weighted by atomic mass is 16.6. The maximum Gasteiger partial charge on any atom is 0.410 e. The molecule has 5 nitrogen and oxygen atoms in total. The largest absolute Gasteiger partial charge is 0.444 e. The summed E-state index contributed by atoms with van der Waals surface area (Å²) in [6.07, 6.45) is -0.276. The minimum atomic E-state index is -0.477. The van der Waals surface area contributed by atoms with Crippen LogP contribution in [0.25, 0.3) is 0 Å². The van der Waals surface area contributed by atoms with Gasteiger partial charge < -0.3 is 9.64 Å². The molecular weight excluding hydrogens is 292 g/mol. The number of Topliss-reactive ketones (excluding diaryl/α,β-unsaturated/α-hetero) is 1. The Balaban J connectivity index is 1.81. The first kappa shape index (κ1) is 17.5. The van der Waals surface area contributed by atoms with Crippen molar-refractivity contribution in [1.82, 2.24) is 9.80 Å². The Morgan fingerprint density at radius 1 is 1.04 bits per heavy atom. The molecule has 0 radical (unpaired) electrons. The molecule has 0 aliphatic carbocycles. The number of hydrogen-bond acceptors (Lipinski definition) is 4. The molecule has 0 N–H and O–H groups in total. The number of rotatable bonds is 3. The molecule has 1 aromatic carbocycles. The smallest absolute Gasteiger partial charge is 0.410 e. The SMILES string of the molecule is Cc1ccc(C(=O)CN2CCN(C(=O)OC(C)(C)C)CC2)cc1. The summed E-state index contributed by atoms with van der Waals surface area (Å²) in [6.45, 7) is 10.6. The summed E-state index contributed by atoms with van der Waals surface area (Å²) < 4.78 is 5.38. The van der Waals surface area contributed by atoms with E-state index in [1.54, 1.807) is 4.90 Å². The Kier molecular flexibility index (Phi) is 5.42. The summed E-state index contributed by atoms with van der Waals surface area (Å²) in [6, 6.07) is 7.64. The van der Waals surface area contributed by atoms with E-state index in [1.807, 2.05) is 52.0 Å². The van der Waals surface area contributed by atoms with E-state index in [1.165, 1.54) is 0 Å². The lowest BCUT2D eigenvalue weighted by Crippen LogP contribution is -2.51. The molecule has 1 aliphatic heterocycles. The number of nitrogens with zero attached hydrogens (tertiary/aromatic N) is 2. The van der Waals surface area contributed by atoms with Crippen LogP contribution in [-0.2, 0) is 4.74 Å². The number of ketones is 1. The fraction of sp³-hybridized carbons (Fsp3) is 0.556. The van der Waals surface area contributed by atoms with Crippen LogP contribution in [0.3, 0.4) is 0 Å². The zero-order valence-electron chi connectivity index (χ0n) is 14.5. The Labute approximate surface area is 138 Å². The van der Waals surface area contributed by atoms with Crippen molar-refractivity contribution in [2.45, 2.75) is 33.3 Å². The second-order valence-electron chi connectivity index (χ2n) is 7.03. The second-order valence-corrected chi connectivity index (χ2v) is 7.03. The lowest BCUT2D eigenvalue weighted by atomic mass is 10.1. The minimum absolute atomic E-state index is 0.121. The van der Waals surface area contributed by atoms with Gasteiger partial charge in [-0.1, -0.05) is 29.8 Å². The van der Waals surface area contributed by atoms with Crippen molar-refractivity contribution < 1.29 is 14.3 Å². The van der Waals surface area contributed by atoms with Crippen LogP contribution in [-0.4, -0.2) is 60.0 Å². The molecule has 5 heteroatoms. The van der Waals surface area contributed by atoms with Gasteiger partial charge in [0, 0.05) is 31.7 Å². The van der Waals surface area contributed by atoms with Crippen molar-refractivity contribution in [3.8, 4) is 0 Å². The van der Waals surface area contributed by atoms with Gasteiger partial charge in [-0.2, -0.15) is 0 Å². The molecule has 1 aliphatic rings. The van der Waals surface area contributed by atoms with E-state index in [0.717, 1.165) is 11.1 Å². The number of ether oxygens (including phenoxy) is 1. The van der Waals surface area contributed by atoms with Crippen LogP contribution in [0.15, 0.2) is 24.3 Å². The second kappa shape index (κ2) is 7.13. The summed E-state index contributed by atoms with van der Waals surface area (Å²) in [5.41, 5.74) is 1.41. The molecule has 1 amide bonds. The number of aryl methyl sites for hydroxylation is 1. The van der Waals surface area contributed by atoms with E-state index in [4.69, 9.17) is 4.74 Å². The quantitative estimate of drug-likeness (QED) is 0.804. The van der Waals surface area contributed by atoms with Crippen LogP contribution < -0.4 is 0 Å². The number of carbonyl (C=O) groups is 2. The first-order valence-corrected chi connectivity index (χ1v) is 8.05. The predicted molar refractivity (Wildman–Crippen MR) is 89.8 cm³/mol.